The molecule has 2 aliphatic rings. The number of rotatable bonds is 7. The highest BCUT2D eigenvalue weighted by Crippen LogP contribution is 2.46. The third-order valence-electron chi connectivity index (χ3n) is 4.47. The van der Waals surface area contributed by atoms with E-state index < -0.39 is 0 Å². The molecular weight excluding hydrogens is 340 g/mol. The van der Waals surface area contributed by atoms with Gasteiger partial charge in [0.05, 0.1) is 19.5 Å². The van der Waals surface area contributed by atoms with Crippen molar-refractivity contribution in [1.82, 2.24) is 10.2 Å². The minimum Gasteiger partial charge on any atom is -0.497 e. The smallest absolute Gasteiger partial charge is 0.236 e. The van der Waals surface area contributed by atoms with E-state index in [1.54, 1.807) is 30.9 Å². The van der Waals surface area contributed by atoms with Gasteiger partial charge in [-0.15, -0.1) is 11.8 Å². The molecule has 2 fully saturated rings. The Morgan fingerprint density at radius 2 is 2.08 bits per heavy atom. The molecule has 6 nitrogen and oxygen atoms in total. The van der Waals surface area contributed by atoms with Crippen molar-refractivity contribution in [2.45, 2.75) is 42.9 Å². The molecule has 0 aromatic heterocycles. The number of hydrogen-bond acceptors (Lipinski definition) is 5. The Morgan fingerprint density at radius 1 is 1.32 bits per heavy atom. The first kappa shape index (κ1) is 17.9. The molecule has 3 rings (SSSR count). The second-order valence-corrected chi connectivity index (χ2v) is 7.79. The summed E-state index contributed by atoms with van der Waals surface area (Å²) in [7, 11) is 3.23. The van der Waals surface area contributed by atoms with Crippen molar-refractivity contribution in [3.05, 3.63) is 23.8 Å². The Labute approximate surface area is 152 Å². The Bertz CT molecular complexity index is 662. The molecule has 0 radical (unpaired) electrons. The highest BCUT2D eigenvalue weighted by atomic mass is 32.2. The van der Waals surface area contributed by atoms with Gasteiger partial charge in [0.25, 0.3) is 0 Å². The van der Waals surface area contributed by atoms with Crippen LogP contribution in [-0.2, 0) is 9.59 Å². The van der Waals surface area contributed by atoms with Gasteiger partial charge in [0, 0.05) is 24.6 Å². The first-order valence-corrected chi connectivity index (χ1v) is 9.45. The van der Waals surface area contributed by atoms with E-state index in [0.717, 1.165) is 24.2 Å². The highest BCUT2D eigenvalue weighted by molar-refractivity contribution is 8.01. The normalized spacial score (nSPS) is 22.8. The van der Waals surface area contributed by atoms with Crippen molar-refractivity contribution in [3.8, 4) is 11.5 Å². The van der Waals surface area contributed by atoms with E-state index in [2.05, 4.69) is 5.32 Å². The van der Waals surface area contributed by atoms with Gasteiger partial charge in [-0.1, -0.05) is 0 Å². The lowest BCUT2D eigenvalue weighted by molar-refractivity contribution is -0.130. The van der Waals surface area contributed by atoms with Crippen LogP contribution in [0.1, 0.15) is 37.1 Å². The lowest BCUT2D eigenvalue weighted by Gasteiger charge is -2.25. The van der Waals surface area contributed by atoms with Gasteiger partial charge in [-0.05, 0) is 38.0 Å². The summed E-state index contributed by atoms with van der Waals surface area (Å²) in [5.41, 5.74) is 0.896. The molecule has 1 saturated heterocycles. The zero-order valence-electron chi connectivity index (χ0n) is 14.8. The van der Waals surface area contributed by atoms with Gasteiger partial charge in [-0.25, -0.2) is 0 Å². The topological polar surface area (TPSA) is 67.9 Å². The fourth-order valence-corrected chi connectivity index (χ4v) is 4.25. The lowest BCUT2D eigenvalue weighted by atomic mass is 10.1. The lowest BCUT2D eigenvalue weighted by Crippen LogP contribution is -2.35. The van der Waals surface area contributed by atoms with Crippen molar-refractivity contribution in [3.63, 3.8) is 0 Å². The molecule has 1 aromatic rings. The molecule has 2 amide bonds. The highest BCUT2D eigenvalue weighted by Gasteiger charge is 2.40. The molecule has 0 spiro atoms. The van der Waals surface area contributed by atoms with Crippen LogP contribution in [0.2, 0.25) is 0 Å². The van der Waals surface area contributed by atoms with Crippen LogP contribution in [0, 0.1) is 0 Å². The number of carbonyl (C=O) groups is 2. The van der Waals surface area contributed by atoms with Gasteiger partial charge in [-0.3, -0.25) is 9.59 Å². The molecule has 1 aliphatic heterocycles. The number of nitrogens with zero attached hydrogens (tertiary/aromatic N) is 1. The minimum absolute atomic E-state index is 0.0104. The minimum atomic E-state index is -0.179. The molecule has 2 atom stereocenters. The molecule has 1 N–H and O–H groups in total. The predicted octanol–water partition coefficient (Wildman–Crippen LogP) is 2.33. The third-order valence-corrected chi connectivity index (χ3v) is 5.85. The summed E-state index contributed by atoms with van der Waals surface area (Å²) < 4.78 is 10.8. The van der Waals surface area contributed by atoms with E-state index in [1.165, 1.54) is 0 Å². The Balaban J connectivity index is 1.77. The second-order valence-electron chi connectivity index (χ2n) is 6.36. The van der Waals surface area contributed by atoms with E-state index in [4.69, 9.17) is 9.47 Å². The van der Waals surface area contributed by atoms with Crippen molar-refractivity contribution < 1.29 is 19.1 Å². The zero-order valence-corrected chi connectivity index (χ0v) is 15.6. The number of benzene rings is 1. The van der Waals surface area contributed by atoms with Gasteiger partial charge >= 0.3 is 0 Å². The van der Waals surface area contributed by atoms with E-state index in [0.29, 0.717) is 24.8 Å². The molecule has 0 unspecified atom stereocenters. The van der Waals surface area contributed by atoms with Gasteiger partial charge in [0.2, 0.25) is 11.8 Å². The maximum absolute atomic E-state index is 12.6. The van der Waals surface area contributed by atoms with E-state index in [-0.39, 0.29) is 22.4 Å². The maximum Gasteiger partial charge on any atom is 0.236 e. The third kappa shape index (κ3) is 4.03. The van der Waals surface area contributed by atoms with Crippen LogP contribution in [0.25, 0.3) is 0 Å². The van der Waals surface area contributed by atoms with Crippen LogP contribution >= 0.6 is 11.8 Å². The van der Waals surface area contributed by atoms with Crippen molar-refractivity contribution in [2.75, 3.05) is 20.8 Å². The van der Waals surface area contributed by atoms with Crippen molar-refractivity contribution >= 4 is 23.6 Å². The summed E-state index contributed by atoms with van der Waals surface area (Å²) >= 11 is 1.57. The van der Waals surface area contributed by atoms with Crippen LogP contribution in [-0.4, -0.2) is 48.8 Å². The van der Waals surface area contributed by atoms with Crippen LogP contribution in [0.3, 0.4) is 0 Å². The first-order valence-electron chi connectivity index (χ1n) is 8.50. The van der Waals surface area contributed by atoms with Gasteiger partial charge in [0.15, 0.2) is 0 Å². The van der Waals surface area contributed by atoms with Gasteiger partial charge < -0.3 is 19.7 Å². The summed E-state index contributed by atoms with van der Waals surface area (Å²) in [5.74, 6) is 1.50. The van der Waals surface area contributed by atoms with E-state index in [9.17, 15) is 9.59 Å². The van der Waals surface area contributed by atoms with E-state index in [1.807, 2.05) is 25.1 Å². The fourth-order valence-electron chi connectivity index (χ4n) is 2.92. The number of thioether (sulfide) groups is 1. The maximum atomic E-state index is 12.6. The molecule has 7 heteroatoms. The van der Waals surface area contributed by atoms with Crippen LogP contribution in [0.15, 0.2) is 18.2 Å². The van der Waals surface area contributed by atoms with Crippen LogP contribution < -0.4 is 14.8 Å². The molecule has 0 bridgehead atoms. The molecule has 1 aliphatic carbocycles. The predicted molar refractivity (Wildman–Crippen MR) is 96.8 cm³/mol. The van der Waals surface area contributed by atoms with Gasteiger partial charge in [-0.2, -0.15) is 0 Å². The van der Waals surface area contributed by atoms with Crippen molar-refractivity contribution in [1.29, 1.82) is 0 Å². The quantitative estimate of drug-likeness (QED) is 0.804. The van der Waals surface area contributed by atoms with Crippen molar-refractivity contribution in [2.24, 2.45) is 0 Å². The molecule has 136 valence electrons. The summed E-state index contributed by atoms with van der Waals surface area (Å²) in [6.45, 7) is 2.30. The fraction of sp³-hybridized carbons (Fsp3) is 0.556. The van der Waals surface area contributed by atoms with Crippen LogP contribution in [0.5, 0.6) is 11.5 Å². The average Bonchev–Trinajstić information content (AvgIpc) is 3.38. The molecule has 1 saturated carbocycles. The van der Waals surface area contributed by atoms with Crippen LogP contribution in [0.4, 0.5) is 0 Å². The Morgan fingerprint density at radius 3 is 2.72 bits per heavy atom. The standard InChI is InChI=1S/C18H24N2O4S/c1-11-17(22)20(9-8-16(21)19-12-4-5-12)18(25-11)14-10-13(23-2)6-7-15(14)24-3/h6-7,10-12,18H,4-5,8-9H2,1-3H3,(H,19,21)/t11-,18+/m1/s1. The zero-order chi connectivity index (χ0) is 18.0. The largest absolute Gasteiger partial charge is 0.497 e. The average molecular weight is 364 g/mol. The SMILES string of the molecule is COc1ccc(OC)c([C@@H]2S[C@H](C)C(=O)N2CCC(=O)NC2CC2)c1. The molecular formula is C18H24N2O4S. The number of ether oxygens (including phenoxy) is 2. The number of carbonyl (C=O) groups excluding carboxylic acids is 2. The summed E-state index contributed by atoms with van der Waals surface area (Å²) in [6.07, 6.45) is 2.44. The summed E-state index contributed by atoms with van der Waals surface area (Å²) in [6, 6.07) is 5.92. The first-order chi connectivity index (χ1) is 12.0. The number of methoxy groups -OCH3 is 2. The number of amides is 2. The van der Waals surface area contributed by atoms with Gasteiger partial charge in [0.1, 0.15) is 16.9 Å². The monoisotopic (exact) mass is 364 g/mol. The number of nitrogens with one attached hydrogen (secondary N) is 1. The molecule has 25 heavy (non-hydrogen) atoms. The summed E-state index contributed by atoms with van der Waals surface area (Å²) in [5, 5.41) is 2.65. The van der Waals surface area contributed by atoms with E-state index >= 15 is 0 Å². The molecule has 1 heterocycles. The second kappa shape index (κ2) is 7.56. The number of hydrogen-bond donors (Lipinski definition) is 1. The Hall–Kier alpha value is -1.89. The summed E-state index contributed by atoms with van der Waals surface area (Å²) in [4.78, 5) is 26.4. The Kier molecular flexibility index (Phi) is 5.42. The molecule has 1 aromatic carbocycles.